The Labute approximate surface area is 171 Å². The highest BCUT2D eigenvalue weighted by Crippen LogP contribution is 2.18. The summed E-state index contributed by atoms with van der Waals surface area (Å²) in [5.74, 6) is 0.992. The molecule has 0 bridgehead atoms. The molecule has 2 amide bonds. The minimum absolute atomic E-state index is 0.0209. The molecule has 1 saturated heterocycles. The Balaban J connectivity index is 1.47. The molecule has 1 aromatic heterocycles. The van der Waals surface area contributed by atoms with Crippen molar-refractivity contribution < 1.29 is 18.8 Å². The summed E-state index contributed by atoms with van der Waals surface area (Å²) in [6.07, 6.45) is 0.376. The second-order valence-electron chi connectivity index (χ2n) is 6.09. The van der Waals surface area contributed by atoms with E-state index in [0.29, 0.717) is 57.3 Å². The molecule has 0 N–H and O–H groups in total. The van der Waals surface area contributed by atoms with E-state index in [1.165, 1.54) is 0 Å². The molecule has 1 aromatic carbocycles. The van der Waals surface area contributed by atoms with Crippen molar-refractivity contribution in [2.75, 3.05) is 32.8 Å². The first-order valence-corrected chi connectivity index (χ1v) is 9.92. The zero-order chi connectivity index (χ0) is 19.2. The van der Waals surface area contributed by atoms with Gasteiger partial charge < -0.3 is 19.1 Å². The molecule has 0 saturated carbocycles. The number of hydrogen-bond donors (Lipinski definition) is 0. The Kier molecular flexibility index (Phi) is 6.64. The molecule has 0 aliphatic carbocycles. The molecule has 1 aliphatic heterocycles. The molecule has 2 aromatic rings. The highest BCUT2D eigenvalue weighted by atomic mass is 127. The molecule has 0 atom stereocenters. The molecule has 1 fully saturated rings. The quantitative estimate of drug-likeness (QED) is 0.607. The van der Waals surface area contributed by atoms with Gasteiger partial charge in [-0.2, -0.15) is 4.98 Å². The maximum atomic E-state index is 12.4. The van der Waals surface area contributed by atoms with Crippen molar-refractivity contribution in [1.82, 2.24) is 19.9 Å². The van der Waals surface area contributed by atoms with Crippen LogP contribution in [0.25, 0.3) is 11.4 Å². The zero-order valence-electron chi connectivity index (χ0n) is 15.1. The van der Waals surface area contributed by atoms with E-state index in [2.05, 4.69) is 32.7 Å². The summed E-state index contributed by atoms with van der Waals surface area (Å²) in [5.41, 5.74) is 0.881. The van der Waals surface area contributed by atoms with Crippen LogP contribution in [0.5, 0.6) is 0 Å². The van der Waals surface area contributed by atoms with Crippen molar-refractivity contribution >= 4 is 34.6 Å². The van der Waals surface area contributed by atoms with Crippen LogP contribution in [-0.4, -0.2) is 64.7 Å². The van der Waals surface area contributed by atoms with E-state index in [1.54, 1.807) is 16.7 Å². The lowest BCUT2D eigenvalue weighted by Gasteiger charge is -2.34. The fraction of sp³-hybridized carbons (Fsp3) is 0.444. The van der Waals surface area contributed by atoms with Gasteiger partial charge in [-0.25, -0.2) is 4.79 Å². The van der Waals surface area contributed by atoms with Crippen molar-refractivity contribution in [3.8, 4) is 11.4 Å². The van der Waals surface area contributed by atoms with Crippen LogP contribution in [-0.2, 0) is 16.0 Å². The van der Waals surface area contributed by atoms with Crippen LogP contribution >= 0.6 is 22.6 Å². The first-order valence-electron chi connectivity index (χ1n) is 8.85. The lowest BCUT2D eigenvalue weighted by atomic mass is 10.2. The third-order valence-electron chi connectivity index (χ3n) is 4.28. The van der Waals surface area contributed by atoms with Crippen LogP contribution in [0.1, 0.15) is 19.2 Å². The molecule has 144 valence electrons. The molecule has 0 spiro atoms. The van der Waals surface area contributed by atoms with E-state index >= 15 is 0 Å². The van der Waals surface area contributed by atoms with Gasteiger partial charge in [0.05, 0.1) is 6.61 Å². The van der Waals surface area contributed by atoms with Crippen LogP contribution < -0.4 is 0 Å². The first-order chi connectivity index (χ1) is 13.1. The Morgan fingerprint density at radius 2 is 1.81 bits per heavy atom. The van der Waals surface area contributed by atoms with Crippen LogP contribution in [0.3, 0.4) is 0 Å². The van der Waals surface area contributed by atoms with E-state index in [0.717, 1.165) is 9.13 Å². The highest BCUT2D eigenvalue weighted by molar-refractivity contribution is 14.1. The Bertz CT molecular complexity index is 785. The predicted octanol–water partition coefficient (Wildman–Crippen LogP) is 2.57. The summed E-state index contributed by atoms with van der Waals surface area (Å²) < 4.78 is 11.4. The molecular formula is C18H21IN4O4. The summed E-state index contributed by atoms with van der Waals surface area (Å²) >= 11 is 2.24. The van der Waals surface area contributed by atoms with Crippen LogP contribution in [0.15, 0.2) is 28.8 Å². The van der Waals surface area contributed by atoms with E-state index in [4.69, 9.17) is 9.26 Å². The average molecular weight is 484 g/mol. The second-order valence-corrected chi connectivity index (χ2v) is 7.33. The van der Waals surface area contributed by atoms with E-state index in [-0.39, 0.29) is 12.0 Å². The number of aryl methyl sites for hydroxylation is 1. The van der Waals surface area contributed by atoms with Crippen LogP contribution in [0, 0.1) is 3.57 Å². The number of nitrogens with zero attached hydrogens (tertiary/aromatic N) is 4. The summed E-state index contributed by atoms with van der Waals surface area (Å²) in [5, 5.41) is 3.98. The molecule has 0 radical (unpaired) electrons. The van der Waals surface area contributed by atoms with Crippen molar-refractivity contribution in [2.24, 2.45) is 0 Å². The van der Waals surface area contributed by atoms with Crippen molar-refractivity contribution in [3.05, 3.63) is 33.7 Å². The van der Waals surface area contributed by atoms with Gasteiger partial charge in [-0.1, -0.05) is 17.3 Å². The topological polar surface area (TPSA) is 88.8 Å². The van der Waals surface area contributed by atoms with E-state index < -0.39 is 0 Å². The van der Waals surface area contributed by atoms with Crippen LogP contribution in [0.4, 0.5) is 4.79 Å². The first kappa shape index (κ1) is 19.6. The number of benzene rings is 1. The van der Waals surface area contributed by atoms with Gasteiger partial charge in [-0.05, 0) is 41.6 Å². The number of ether oxygens (including phenoxy) is 1. The summed E-state index contributed by atoms with van der Waals surface area (Å²) in [6.45, 7) is 4.13. The van der Waals surface area contributed by atoms with Gasteiger partial charge in [0.2, 0.25) is 17.6 Å². The Morgan fingerprint density at radius 3 is 2.48 bits per heavy atom. The van der Waals surface area contributed by atoms with Crippen molar-refractivity contribution in [2.45, 2.75) is 19.8 Å². The summed E-state index contributed by atoms with van der Waals surface area (Å²) in [7, 11) is 0. The molecule has 9 heteroatoms. The molecular weight excluding hydrogens is 463 g/mol. The normalized spacial score (nSPS) is 14.3. The SMILES string of the molecule is CCOC(=O)N1CCN(C(=O)CCc2nc(-c3ccc(I)cc3)no2)CC1. The number of carbonyl (C=O) groups excluding carboxylic acids is 2. The number of aromatic nitrogens is 2. The number of halogens is 1. The Morgan fingerprint density at radius 1 is 1.15 bits per heavy atom. The Hall–Kier alpha value is -2.17. The van der Waals surface area contributed by atoms with Crippen molar-refractivity contribution in [1.29, 1.82) is 0 Å². The number of carbonyl (C=O) groups is 2. The van der Waals surface area contributed by atoms with Gasteiger partial charge in [0.15, 0.2) is 0 Å². The third kappa shape index (κ3) is 5.18. The van der Waals surface area contributed by atoms with Gasteiger partial charge in [0, 0.05) is 48.2 Å². The van der Waals surface area contributed by atoms with Gasteiger partial charge in [0.25, 0.3) is 0 Å². The summed E-state index contributed by atoms with van der Waals surface area (Å²) in [6, 6.07) is 7.83. The van der Waals surface area contributed by atoms with Gasteiger partial charge in [-0.15, -0.1) is 0 Å². The molecule has 0 unspecified atom stereocenters. The standard InChI is InChI=1S/C18H21IN4O4/c1-2-26-18(25)23-11-9-22(10-12-23)16(24)8-7-15-20-17(21-27-15)13-3-5-14(19)6-4-13/h3-6H,2,7-12H2,1H3. The minimum Gasteiger partial charge on any atom is -0.450 e. The van der Waals surface area contributed by atoms with Crippen LogP contribution in [0.2, 0.25) is 0 Å². The smallest absolute Gasteiger partial charge is 0.409 e. The maximum absolute atomic E-state index is 12.4. The van der Waals surface area contributed by atoms with Gasteiger partial charge in [0.1, 0.15) is 0 Å². The van der Waals surface area contributed by atoms with Gasteiger partial charge in [-0.3, -0.25) is 4.79 Å². The summed E-state index contributed by atoms with van der Waals surface area (Å²) in [4.78, 5) is 31.8. The molecule has 8 nitrogen and oxygen atoms in total. The fourth-order valence-corrected chi connectivity index (χ4v) is 3.16. The molecule has 27 heavy (non-hydrogen) atoms. The predicted molar refractivity (Wildman–Crippen MR) is 106 cm³/mol. The van der Waals surface area contributed by atoms with Crippen molar-refractivity contribution in [3.63, 3.8) is 0 Å². The largest absolute Gasteiger partial charge is 0.450 e. The number of hydrogen-bond acceptors (Lipinski definition) is 6. The molecule has 3 rings (SSSR count). The zero-order valence-corrected chi connectivity index (χ0v) is 17.2. The second kappa shape index (κ2) is 9.16. The maximum Gasteiger partial charge on any atom is 0.409 e. The number of rotatable bonds is 5. The minimum atomic E-state index is -0.321. The lowest BCUT2D eigenvalue weighted by molar-refractivity contribution is -0.132. The number of piperazine rings is 1. The number of amides is 2. The lowest BCUT2D eigenvalue weighted by Crippen LogP contribution is -2.50. The monoisotopic (exact) mass is 484 g/mol. The molecule has 2 heterocycles. The highest BCUT2D eigenvalue weighted by Gasteiger charge is 2.25. The third-order valence-corrected chi connectivity index (χ3v) is 5.00. The molecule has 1 aliphatic rings. The van der Waals surface area contributed by atoms with E-state index in [9.17, 15) is 9.59 Å². The van der Waals surface area contributed by atoms with E-state index in [1.807, 2.05) is 24.3 Å². The van der Waals surface area contributed by atoms with Gasteiger partial charge >= 0.3 is 6.09 Å². The fourth-order valence-electron chi connectivity index (χ4n) is 2.80. The average Bonchev–Trinajstić information content (AvgIpc) is 3.16.